The zero-order chi connectivity index (χ0) is 13.6. The van der Waals surface area contributed by atoms with Gasteiger partial charge in [-0.15, -0.1) is 11.6 Å². The molecule has 1 saturated carbocycles. The van der Waals surface area contributed by atoms with E-state index in [-0.39, 0.29) is 17.2 Å². The van der Waals surface area contributed by atoms with Gasteiger partial charge in [0.1, 0.15) is 0 Å². The molecule has 1 aliphatic heterocycles. The highest BCUT2D eigenvalue weighted by Gasteiger charge is 2.30. The first kappa shape index (κ1) is 12.7. The van der Waals surface area contributed by atoms with Crippen LogP contribution in [0, 0.1) is 5.92 Å². The first-order valence-electron chi connectivity index (χ1n) is 6.64. The van der Waals surface area contributed by atoms with Crippen LogP contribution in [0.5, 0.6) is 0 Å². The highest BCUT2D eigenvalue weighted by atomic mass is 35.5. The van der Waals surface area contributed by atoms with Crippen molar-refractivity contribution in [1.82, 2.24) is 4.90 Å². The Kier molecular flexibility index (Phi) is 3.09. The molecule has 1 heterocycles. The van der Waals surface area contributed by atoms with E-state index in [1.54, 1.807) is 0 Å². The minimum atomic E-state index is -0.219. The predicted molar refractivity (Wildman–Crippen MR) is 73.2 cm³/mol. The molecule has 0 aromatic heterocycles. The second-order valence-corrected chi connectivity index (χ2v) is 6.02. The van der Waals surface area contributed by atoms with Gasteiger partial charge in [0.15, 0.2) is 0 Å². The SMILES string of the molecule is CN1C(=O)Cc2ccc(C(Cl)CC3CC3)cc2C1=O. The Hall–Kier alpha value is -1.35. The first-order chi connectivity index (χ1) is 9.06. The van der Waals surface area contributed by atoms with Crippen molar-refractivity contribution in [3.05, 3.63) is 34.9 Å². The van der Waals surface area contributed by atoms with E-state index < -0.39 is 0 Å². The monoisotopic (exact) mass is 277 g/mol. The van der Waals surface area contributed by atoms with Crippen molar-refractivity contribution in [3.8, 4) is 0 Å². The molecule has 1 unspecified atom stereocenters. The van der Waals surface area contributed by atoms with E-state index in [0.29, 0.717) is 12.0 Å². The molecule has 1 aromatic carbocycles. The number of carbonyl (C=O) groups excluding carboxylic acids is 2. The summed E-state index contributed by atoms with van der Waals surface area (Å²) < 4.78 is 0. The van der Waals surface area contributed by atoms with Gasteiger partial charge in [-0.2, -0.15) is 0 Å². The number of nitrogens with zero attached hydrogens (tertiary/aromatic N) is 1. The van der Waals surface area contributed by atoms with Crippen LogP contribution in [0.4, 0.5) is 0 Å². The van der Waals surface area contributed by atoms with Gasteiger partial charge in [-0.05, 0) is 29.5 Å². The number of hydrogen-bond acceptors (Lipinski definition) is 2. The second-order valence-electron chi connectivity index (χ2n) is 5.50. The number of halogens is 1. The molecule has 2 amide bonds. The van der Waals surface area contributed by atoms with Crippen molar-refractivity contribution in [2.75, 3.05) is 7.05 Å². The summed E-state index contributed by atoms with van der Waals surface area (Å²) in [6.07, 6.45) is 3.81. The van der Waals surface area contributed by atoms with Gasteiger partial charge < -0.3 is 0 Å². The van der Waals surface area contributed by atoms with Crippen LogP contribution in [0.25, 0.3) is 0 Å². The summed E-state index contributed by atoms with van der Waals surface area (Å²) in [5.41, 5.74) is 2.43. The normalized spacial score (nSPS) is 20.4. The van der Waals surface area contributed by atoms with Gasteiger partial charge in [0, 0.05) is 12.6 Å². The van der Waals surface area contributed by atoms with Crippen molar-refractivity contribution < 1.29 is 9.59 Å². The maximum absolute atomic E-state index is 12.1. The molecule has 100 valence electrons. The fourth-order valence-electron chi connectivity index (χ4n) is 2.50. The molecule has 0 radical (unpaired) electrons. The van der Waals surface area contributed by atoms with Crippen LogP contribution >= 0.6 is 11.6 Å². The molecule has 1 aromatic rings. The summed E-state index contributed by atoms with van der Waals surface area (Å²) in [5.74, 6) is 0.382. The molecule has 1 fully saturated rings. The number of likely N-dealkylation sites (N-methyl/N-ethyl adjacent to an activating group) is 1. The number of rotatable bonds is 3. The number of carbonyl (C=O) groups is 2. The number of amides is 2. The fourth-order valence-corrected chi connectivity index (χ4v) is 2.89. The van der Waals surface area contributed by atoms with Crippen LogP contribution in [0.3, 0.4) is 0 Å². The average molecular weight is 278 g/mol. The van der Waals surface area contributed by atoms with Crippen molar-refractivity contribution in [2.24, 2.45) is 5.92 Å². The first-order valence-corrected chi connectivity index (χ1v) is 7.07. The van der Waals surface area contributed by atoms with E-state index in [9.17, 15) is 9.59 Å². The molecule has 4 heteroatoms. The Labute approximate surface area is 117 Å². The minimum Gasteiger partial charge on any atom is -0.281 e. The van der Waals surface area contributed by atoms with Gasteiger partial charge in [0.25, 0.3) is 5.91 Å². The molecule has 1 aliphatic carbocycles. The Morgan fingerprint density at radius 3 is 2.79 bits per heavy atom. The van der Waals surface area contributed by atoms with Crippen molar-refractivity contribution >= 4 is 23.4 Å². The highest BCUT2D eigenvalue weighted by Crippen LogP contribution is 2.40. The van der Waals surface area contributed by atoms with Crippen LogP contribution in [-0.4, -0.2) is 23.8 Å². The van der Waals surface area contributed by atoms with Gasteiger partial charge in [-0.25, -0.2) is 0 Å². The number of hydrogen-bond donors (Lipinski definition) is 0. The lowest BCUT2D eigenvalue weighted by atomic mass is 9.94. The molecule has 0 spiro atoms. The van der Waals surface area contributed by atoms with E-state index in [1.165, 1.54) is 24.8 Å². The second kappa shape index (κ2) is 4.64. The lowest BCUT2D eigenvalue weighted by Gasteiger charge is -2.24. The van der Waals surface area contributed by atoms with E-state index in [1.807, 2.05) is 18.2 Å². The van der Waals surface area contributed by atoms with Crippen LogP contribution < -0.4 is 0 Å². The summed E-state index contributed by atoms with van der Waals surface area (Å²) in [6.45, 7) is 0. The fraction of sp³-hybridized carbons (Fsp3) is 0.467. The smallest absolute Gasteiger partial charge is 0.260 e. The number of benzene rings is 1. The van der Waals surface area contributed by atoms with Gasteiger partial charge in [0.05, 0.1) is 11.8 Å². The molecular formula is C15H16ClNO2. The van der Waals surface area contributed by atoms with Crippen LogP contribution in [0.15, 0.2) is 18.2 Å². The van der Waals surface area contributed by atoms with E-state index in [0.717, 1.165) is 23.5 Å². The third-order valence-electron chi connectivity index (χ3n) is 3.98. The predicted octanol–water partition coefficient (Wildman–Crippen LogP) is 2.92. The maximum Gasteiger partial charge on any atom is 0.260 e. The number of alkyl halides is 1. The average Bonchev–Trinajstić information content (AvgIpc) is 3.19. The molecule has 0 saturated heterocycles. The zero-order valence-corrected chi connectivity index (χ0v) is 11.6. The van der Waals surface area contributed by atoms with Crippen molar-refractivity contribution in [2.45, 2.75) is 31.1 Å². The van der Waals surface area contributed by atoms with Gasteiger partial charge >= 0.3 is 0 Å². The number of imide groups is 1. The number of fused-ring (bicyclic) bond motifs is 1. The van der Waals surface area contributed by atoms with Crippen LogP contribution in [0.2, 0.25) is 0 Å². The summed E-state index contributed by atoms with van der Waals surface area (Å²) in [5, 5.41) is -0.0338. The van der Waals surface area contributed by atoms with Crippen LogP contribution in [0.1, 0.15) is 46.1 Å². The Balaban J connectivity index is 1.90. The quantitative estimate of drug-likeness (QED) is 0.629. The van der Waals surface area contributed by atoms with Crippen molar-refractivity contribution in [1.29, 1.82) is 0 Å². The summed E-state index contributed by atoms with van der Waals surface area (Å²) in [6, 6.07) is 5.68. The molecule has 2 aliphatic rings. The molecule has 1 atom stereocenters. The van der Waals surface area contributed by atoms with Crippen molar-refractivity contribution in [3.63, 3.8) is 0 Å². The third-order valence-corrected chi connectivity index (χ3v) is 4.41. The molecule has 3 rings (SSSR count). The third kappa shape index (κ3) is 2.39. The van der Waals surface area contributed by atoms with Gasteiger partial charge in [-0.1, -0.05) is 25.0 Å². The molecular weight excluding hydrogens is 262 g/mol. The maximum atomic E-state index is 12.1. The highest BCUT2D eigenvalue weighted by molar-refractivity contribution is 6.21. The Bertz CT molecular complexity index is 551. The van der Waals surface area contributed by atoms with Gasteiger partial charge in [0.2, 0.25) is 5.91 Å². The molecule has 0 bridgehead atoms. The summed E-state index contributed by atoms with van der Waals surface area (Å²) in [4.78, 5) is 24.9. The van der Waals surface area contributed by atoms with Crippen LogP contribution in [-0.2, 0) is 11.2 Å². The topological polar surface area (TPSA) is 37.4 Å². The van der Waals surface area contributed by atoms with E-state index in [4.69, 9.17) is 11.6 Å². The minimum absolute atomic E-state index is 0.0338. The van der Waals surface area contributed by atoms with Gasteiger partial charge in [-0.3, -0.25) is 14.5 Å². The largest absolute Gasteiger partial charge is 0.281 e. The van der Waals surface area contributed by atoms with E-state index >= 15 is 0 Å². The Morgan fingerprint density at radius 2 is 2.11 bits per heavy atom. The zero-order valence-electron chi connectivity index (χ0n) is 10.9. The lowest BCUT2D eigenvalue weighted by molar-refractivity contribution is -0.127. The molecule has 3 nitrogen and oxygen atoms in total. The standard InChI is InChI=1S/C15H16ClNO2/c1-17-14(18)8-10-4-5-11(7-12(10)15(17)19)13(16)6-9-2-3-9/h4-5,7,9,13H,2-3,6,8H2,1H3. The lowest BCUT2D eigenvalue weighted by Crippen LogP contribution is -2.39. The Morgan fingerprint density at radius 1 is 1.37 bits per heavy atom. The summed E-state index contributed by atoms with van der Waals surface area (Å²) >= 11 is 6.40. The van der Waals surface area contributed by atoms with E-state index in [2.05, 4.69) is 0 Å². The molecule has 0 N–H and O–H groups in total. The molecule has 19 heavy (non-hydrogen) atoms. The summed E-state index contributed by atoms with van der Waals surface area (Å²) in [7, 11) is 1.53.